The summed E-state index contributed by atoms with van der Waals surface area (Å²) in [4.78, 5) is 11.8. The minimum atomic E-state index is -0.182. The molecule has 1 aliphatic carbocycles. The van der Waals surface area contributed by atoms with Crippen LogP contribution in [0.1, 0.15) is 24.5 Å². The van der Waals surface area contributed by atoms with Gasteiger partial charge < -0.3 is 9.15 Å². The first-order valence-corrected chi connectivity index (χ1v) is 6.01. The molecule has 0 amide bonds. The fraction of sp³-hybridized carbons (Fsp3) is 0.357. The Labute approximate surface area is 99.0 Å². The molecule has 1 heterocycles. The predicted octanol–water partition coefficient (Wildman–Crippen LogP) is 2.68. The van der Waals surface area contributed by atoms with Gasteiger partial charge in [0.25, 0.3) is 0 Å². The SMILES string of the molecule is CCOc1ccc2c3c(c(=O)oc2c1)CCC3. The van der Waals surface area contributed by atoms with Crippen molar-refractivity contribution in [3.63, 3.8) is 0 Å². The maximum atomic E-state index is 11.8. The maximum Gasteiger partial charge on any atom is 0.339 e. The van der Waals surface area contributed by atoms with E-state index in [2.05, 4.69) is 0 Å². The Morgan fingerprint density at radius 1 is 1.29 bits per heavy atom. The zero-order valence-electron chi connectivity index (χ0n) is 9.79. The first-order valence-electron chi connectivity index (χ1n) is 6.01. The van der Waals surface area contributed by atoms with Gasteiger partial charge in [-0.15, -0.1) is 0 Å². The molecule has 0 unspecified atom stereocenters. The summed E-state index contributed by atoms with van der Waals surface area (Å²) in [5.74, 6) is 0.751. The lowest BCUT2D eigenvalue weighted by Gasteiger charge is -2.06. The predicted molar refractivity (Wildman–Crippen MR) is 65.7 cm³/mol. The van der Waals surface area contributed by atoms with E-state index in [1.165, 1.54) is 5.56 Å². The lowest BCUT2D eigenvalue weighted by molar-refractivity contribution is 0.340. The summed E-state index contributed by atoms with van der Waals surface area (Å²) in [6.07, 6.45) is 2.87. The number of hydrogen-bond donors (Lipinski definition) is 0. The van der Waals surface area contributed by atoms with E-state index in [-0.39, 0.29) is 5.63 Å². The average molecular weight is 230 g/mol. The molecule has 2 aromatic rings. The van der Waals surface area contributed by atoms with Crippen molar-refractivity contribution >= 4 is 11.0 Å². The molecule has 0 bridgehead atoms. The number of fused-ring (bicyclic) bond motifs is 3. The van der Waals surface area contributed by atoms with Crippen LogP contribution in [0.2, 0.25) is 0 Å². The van der Waals surface area contributed by atoms with Gasteiger partial charge in [0.1, 0.15) is 11.3 Å². The van der Waals surface area contributed by atoms with Gasteiger partial charge in [0.05, 0.1) is 6.61 Å². The second kappa shape index (κ2) is 3.91. The molecule has 0 saturated heterocycles. The van der Waals surface area contributed by atoms with E-state index < -0.39 is 0 Å². The summed E-state index contributed by atoms with van der Waals surface area (Å²) in [6.45, 7) is 2.55. The Kier molecular flexibility index (Phi) is 2.39. The largest absolute Gasteiger partial charge is 0.494 e. The van der Waals surface area contributed by atoms with Gasteiger partial charge in [-0.1, -0.05) is 0 Å². The molecule has 0 saturated carbocycles. The smallest absolute Gasteiger partial charge is 0.339 e. The van der Waals surface area contributed by atoms with Crippen LogP contribution in [0.5, 0.6) is 5.75 Å². The molecule has 0 spiro atoms. The molecule has 1 aromatic carbocycles. The number of benzene rings is 1. The highest BCUT2D eigenvalue weighted by Gasteiger charge is 2.19. The van der Waals surface area contributed by atoms with Crippen LogP contribution < -0.4 is 10.4 Å². The minimum Gasteiger partial charge on any atom is -0.494 e. The maximum absolute atomic E-state index is 11.8. The van der Waals surface area contributed by atoms with Crippen molar-refractivity contribution in [2.45, 2.75) is 26.2 Å². The van der Waals surface area contributed by atoms with E-state index in [1.807, 2.05) is 19.1 Å². The Bertz CT molecular complexity index is 625. The first-order chi connectivity index (χ1) is 8.29. The van der Waals surface area contributed by atoms with E-state index in [9.17, 15) is 4.79 Å². The average Bonchev–Trinajstić information content (AvgIpc) is 2.79. The molecule has 3 heteroatoms. The number of hydrogen-bond acceptors (Lipinski definition) is 3. The molecule has 0 fully saturated rings. The van der Waals surface area contributed by atoms with E-state index in [0.29, 0.717) is 12.2 Å². The number of aryl methyl sites for hydroxylation is 1. The first kappa shape index (κ1) is 10.4. The van der Waals surface area contributed by atoms with Crippen LogP contribution in [0, 0.1) is 0 Å². The lowest BCUT2D eigenvalue weighted by atomic mass is 10.1. The summed E-state index contributed by atoms with van der Waals surface area (Å²) >= 11 is 0. The third-order valence-corrected chi connectivity index (χ3v) is 3.26. The van der Waals surface area contributed by atoms with Crippen LogP contribution in [0.3, 0.4) is 0 Å². The molecule has 0 atom stereocenters. The summed E-state index contributed by atoms with van der Waals surface area (Å²) in [6, 6.07) is 5.73. The molecule has 0 N–H and O–H groups in total. The highest BCUT2D eigenvalue weighted by molar-refractivity contribution is 5.83. The van der Waals surface area contributed by atoms with Crippen LogP contribution in [0.15, 0.2) is 27.4 Å². The zero-order valence-corrected chi connectivity index (χ0v) is 9.79. The third kappa shape index (κ3) is 1.62. The summed E-state index contributed by atoms with van der Waals surface area (Å²) in [5.41, 5.74) is 2.49. The zero-order chi connectivity index (χ0) is 11.8. The van der Waals surface area contributed by atoms with Gasteiger partial charge in [-0.05, 0) is 43.9 Å². The van der Waals surface area contributed by atoms with Gasteiger partial charge in [0.15, 0.2) is 0 Å². The van der Waals surface area contributed by atoms with Gasteiger partial charge in [0, 0.05) is 17.0 Å². The number of rotatable bonds is 2. The van der Waals surface area contributed by atoms with Gasteiger partial charge >= 0.3 is 5.63 Å². The minimum absolute atomic E-state index is 0.182. The van der Waals surface area contributed by atoms with Crippen molar-refractivity contribution in [1.82, 2.24) is 0 Å². The monoisotopic (exact) mass is 230 g/mol. The lowest BCUT2D eigenvalue weighted by Crippen LogP contribution is -2.06. The van der Waals surface area contributed by atoms with Crippen molar-refractivity contribution in [3.05, 3.63) is 39.7 Å². The highest BCUT2D eigenvalue weighted by atomic mass is 16.5. The Morgan fingerprint density at radius 3 is 2.94 bits per heavy atom. The van der Waals surface area contributed by atoms with E-state index in [0.717, 1.165) is 36.0 Å². The highest BCUT2D eigenvalue weighted by Crippen LogP contribution is 2.29. The van der Waals surface area contributed by atoms with Crippen LogP contribution in [-0.4, -0.2) is 6.61 Å². The van der Waals surface area contributed by atoms with E-state index in [1.54, 1.807) is 6.07 Å². The van der Waals surface area contributed by atoms with Gasteiger partial charge in [-0.25, -0.2) is 4.79 Å². The summed E-state index contributed by atoms with van der Waals surface area (Å²) < 4.78 is 10.8. The van der Waals surface area contributed by atoms with Crippen molar-refractivity contribution in [1.29, 1.82) is 0 Å². The second-order valence-electron chi connectivity index (χ2n) is 4.29. The van der Waals surface area contributed by atoms with Crippen LogP contribution in [0.4, 0.5) is 0 Å². The van der Waals surface area contributed by atoms with Gasteiger partial charge in [-0.3, -0.25) is 0 Å². The van der Waals surface area contributed by atoms with Gasteiger partial charge in [-0.2, -0.15) is 0 Å². The molecule has 88 valence electrons. The van der Waals surface area contributed by atoms with Crippen LogP contribution >= 0.6 is 0 Å². The standard InChI is InChI=1S/C14H14O3/c1-2-16-9-6-7-11-10-4-3-5-12(10)14(15)17-13(11)8-9/h6-8H,2-5H2,1H3. The topological polar surface area (TPSA) is 39.4 Å². The summed E-state index contributed by atoms with van der Waals surface area (Å²) in [7, 11) is 0. The van der Waals surface area contributed by atoms with Crippen LogP contribution in [0.25, 0.3) is 11.0 Å². The quantitative estimate of drug-likeness (QED) is 0.744. The molecule has 1 aromatic heterocycles. The van der Waals surface area contributed by atoms with Crippen LogP contribution in [-0.2, 0) is 12.8 Å². The molecule has 1 aliphatic rings. The normalized spacial score (nSPS) is 13.9. The van der Waals surface area contributed by atoms with Crippen molar-refractivity contribution in [3.8, 4) is 5.75 Å². The Morgan fingerprint density at radius 2 is 2.12 bits per heavy atom. The molecule has 0 aliphatic heterocycles. The molecule has 17 heavy (non-hydrogen) atoms. The third-order valence-electron chi connectivity index (χ3n) is 3.26. The fourth-order valence-corrected chi connectivity index (χ4v) is 2.52. The molecular weight excluding hydrogens is 216 g/mol. The molecule has 3 nitrogen and oxygen atoms in total. The summed E-state index contributed by atoms with van der Waals surface area (Å²) in [5, 5.41) is 1.06. The second-order valence-corrected chi connectivity index (χ2v) is 4.29. The fourth-order valence-electron chi connectivity index (χ4n) is 2.52. The van der Waals surface area contributed by atoms with E-state index in [4.69, 9.17) is 9.15 Å². The van der Waals surface area contributed by atoms with Crippen molar-refractivity contribution in [2.24, 2.45) is 0 Å². The van der Waals surface area contributed by atoms with Crippen molar-refractivity contribution in [2.75, 3.05) is 6.61 Å². The molecular formula is C14H14O3. The van der Waals surface area contributed by atoms with Gasteiger partial charge in [0.2, 0.25) is 0 Å². The number of ether oxygens (including phenoxy) is 1. The Hall–Kier alpha value is -1.77. The molecule has 0 radical (unpaired) electrons. The van der Waals surface area contributed by atoms with Crippen molar-refractivity contribution < 1.29 is 9.15 Å². The Balaban J connectivity index is 2.26. The molecule has 3 rings (SSSR count). The van der Waals surface area contributed by atoms with E-state index >= 15 is 0 Å².